The van der Waals surface area contributed by atoms with Gasteiger partial charge in [-0.1, -0.05) is 6.92 Å². The normalized spacial score (nSPS) is 15.4. The lowest BCUT2D eigenvalue weighted by Gasteiger charge is -2.29. The van der Waals surface area contributed by atoms with E-state index in [-0.39, 0.29) is 12.0 Å². The Balaban J connectivity index is 1.57. The Hall–Kier alpha value is -2.54. The van der Waals surface area contributed by atoms with Gasteiger partial charge in [-0.15, -0.1) is 0 Å². The number of hydrogen-bond donors (Lipinski definition) is 1. The van der Waals surface area contributed by atoms with Crippen molar-refractivity contribution in [1.82, 2.24) is 19.8 Å². The average molecular weight is 386 g/mol. The predicted octanol–water partition coefficient (Wildman–Crippen LogP) is 2.36. The zero-order valence-corrected chi connectivity index (χ0v) is 17.0. The van der Waals surface area contributed by atoms with Crippen LogP contribution >= 0.6 is 0 Å². The Labute approximate surface area is 166 Å². The summed E-state index contributed by atoms with van der Waals surface area (Å²) < 4.78 is 13.6. The van der Waals surface area contributed by atoms with Gasteiger partial charge in [0.25, 0.3) is 5.91 Å². The molecule has 7 heteroatoms. The second kappa shape index (κ2) is 9.59. The Morgan fingerprint density at radius 2 is 2.07 bits per heavy atom. The first-order valence-corrected chi connectivity index (χ1v) is 9.92. The molecular weight excluding hydrogens is 356 g/mol. The van der Waals surface area contributed by atoms with E-state index in [1.54, 1.807) is 25.4 Å². The topological polar surface area (TPSA) is 68.6 Å². The van der Waals surface area contributed by atoms with E-state index in [0.29, 0.717) is 30.2 Å². The van der Waals surface area contributed by atoms with Crippen LogP contribution in [0, 0.1) is 0 Å². The molecule has 1 aromatic heterocycles. The van der Waals surface area contributed by atoms with Crippen molar-refractivity contribution < 1.29 is 14.3 Å². The number of aryl methyl sites for hydroxylation is 1. The van der Waals surface area contributed by atoms with Gasteiger partial charge in [0.15, 0.2) is 11.5 Å². The molecule has 1 aliphatic heterocycles. The number of methoxy groups -OCH3 is 1. The Kier molecular flexibility index (Phi) is 6.92. The van der Waals surface area contributed by atoms with Gasteiger partial charge in [0, 0.05) is 50.6 Å². The molecule has 3 rings (SSSR count). The molecule has 0 radical (unpaired) electrons. The highest BCUT2D eigenvalue weighted by molar-refractivity contribution is 5.94. The minimum absolute atomic E-state index is 0.123. The quantitative estimate of drug-likeness (QED) is 0.754. The molecule has 0 aliphatic carbocycles. The van der Waals surface area contributed by atoms with E-state index >= 15 is 0 Å². The minimum atomic E-state index is -0.123. The van der Waals surface area contributed by atoms with Crippen LogP contribution in [0.1, 0.15) is 35.9 Å². The third kappa shape index (κ3) is 5.04. The number of hydrogen-bond acceptors (Lipinski definition) is 5. The first-order chi connectivity index (χ1) is 13.6. The lowest BCUT2D eigenvalue weighted by molar-refractivity contribution is 0.0951. The maximum absolute atomic E-state index is 12.5. The van der Waals surface area contributed by atoms with Crippen LogP contribution in [-0.4, -0.2) is 60.3 Å². The fourth-order valence-corrected chi connectivity index (χ4v) is 3.44. The number of benzene rings is 1. The van der Waals surface area contributed by atoms with Gasteiger partial charge in [-0.05, 0) is 38.1 Å². The van der Waals surface area contributed by atoms with Crippen LogP contribution in [0.2, 0.25) is 0 Å². The molecular formula is C21H30N4O3. The van der Waals surface area contributed by atoms with Crippen molar-refractivity contribution in [2.45, 2.75) is 38.8 Å². The molecule has 1 aliphatic rings. The lowest BCUT2D eigenvalue weighted by atomic mass is 10.1. The van der Waals surface area contributed by atoms with Gasteiger partial charge in [0.2, 0.25) is 0 Å². The third-order valence-electron chi connectivity index (χ3n) is 5.14. The molecule has 1 fully saturated rings. The van der Waals surface area contributed by atoms with Crippen LogP contribution in [-0.2, 0) is 13.0 Å². The monoisotopic (exact) mass is 386 g/mol. The molecule has 0 spiro atoms. The van der Waals surface area contributed by atoms with Crippen molar-refractivity contribution in [2.24, 2.45) is 0 Å². The molecule has 152 valence electrons. The molecule has 28 heavy (non-hydrogen) atoms. The SMILES string of the molecule is CCc1nccn1CCNC(=O)c1ccc(OC2CCN(C)CC2)c(OC)c1. The van der Waals surface area contributed by atoms with Crippen molar-refractivity contribution in [1.29, 1.82) is 0 Å². The largest absolute Gasteiger partial charge is 0.493 e. The van der Waals surface area contributed by atoms with Crippen LogP contribution < -0.4 is 14.8 Å². The number of amides is 1. The molecule has 1 amide bonds. The second-order valence-electron chi connectivity index (χ2n) is 7.13. The average Bonchev–Trinajstić information content (AvgIpc) is 3.17. The van der Waals surface area contributed by atoms with Gasteiger partial charge in [0.1, 0.15) is 11.9 Å². The first kappa shape index (κ1) is 20.2. The molecule has 0 bridgehead atoms. The summed E-state index contributed by atoms with van der Waals surface area (Å²) in [6.07, 6.45) is 6.77. The predicted molar refractivity (Wildman–Crippen MR) is 108 cm³/mol. The standard InChI is InChI=1S/C21H30N4O3/c1-4-20-22-9-13-25(20)14-10-23-21(26)16-5-6-18(19(15-16)27-3)28-17-7-11-24(2)12-8-17/h5-6,9,13,15,17H,4,7-8,10-12,14H2,1-3H3,(H,23,26). The molecule has 2 heterocycles. The summed E-state index contributed by atoms with van der Waals surface area (Å²) >= 11 is 0. The third-order valence-corrected chi connectivity index (χ3v) is 5.14. The van der Waals surface area contributed by atoms with Crippen molar-refractivity contribution in [2.75, 3.05) is 33.8 Å². The van der Waals surface area contributed by atoms with Gasteiger partial charge in [-0.25, -0.2) is 4.98 Å². The highest BCUT2D eigenvalue weighted by Crippen LogP contribution is 2.30. The maximum atomic E-state index is 12.5. The van der Waals surface area contributed by atoms with Crippen LogP contribution in [0.15, 0.2) is 30.6 Å². The second-order valence-corrected chi connectivity index (χ2v) is 7.13. The zero-order valence-electron chi connectivity index (χ0n) is 17.0. The first-order valence-electron chi connectivity index (χ1n) is 9.92. The van der Waals surface area contributed by atoms with E-state index in [4.69, 9.17) is 9.47 Å². The van der Waals surface area contributed by atoms with Crippen LogP contribution in [0.4, 0.5) is 0 Å². The summed E-state index contributed by atoms with van der Waals surface area (Å²) in [5.74, 6) is 2.18. The van der Waals surface area contributed by atoms with Crippen molar-refractivity contribution in [3.63, 3.8) is 0 Å². The van der Waals surface area contributed by atoms with E-state index in [0.717, 1.165) is 38.2 Å². The van der Waals surface area contributed by atoms with Crippen LogP contribution in [0.5, 0.6) is 11.5 Å². The summed E-state index contributed by atoms with van der Waals surface area (Å²) in [4.78, 5) is 19.1. The summed E-state index contributed by atoms with van der Waals surface area (Å²) in [6.45, 7) is 5.37. The minimum Gasteiger partial charge on any atom is -0.493 e. The molecule has 0 unspecified atom stereocenters. The number of aromatic nitrogens is 2. The lowest BCUT2D eigenvalue weighted by Crippen LogP contribution is -2.35. The number of likely N-dealkylation sites (tertiary alicyclic amines) is 1. The van der Waals surface area contributed by atoms with Crippen LogP contribution in [0.25, 0.3) is 0 Å². The molecule has 1 aromatic carbocycles. The molecule has 1 saturated heterocycles. The van der Waals surface area contributed by atoms with Crippen molar-refractivity contribution in [3.8, 4) is 11.5 Å². The fourth-order valence-electron chi connectivity index (χ4n) is 3.44. The Bertz CT molecular complexity index is 782. The fraction of sp³-hybridized carbons (Fsp3) is 0.524. The zero-order chi connectivity index (χ0) is 19.9. The van der Waals surface area contributed by atoms with E-state index < -0.39 is 0 Å². The van der Waals surface area contributed by atoms with Gasteiger partial charge < -0.3 is 24.3 Å². The molecule has 0 atom stereocenters. The smallest absolute Gasteiger partial charge is 0.251 e. The molecule has 7 nitrogen and oxygen atoms in total. The van der Waals surface area contributed by atoms with E-state index in [2.05, 4.69) is 33.7 Å². The number of ether oxygens (including phenoxy) is 2. The summed E-state index contributed by atoms with van der Waals surface area (Å²) in [6, 6.07) is 5.36. The summed E-state index contributed by atoms with van der Waals surface area (Å²) in [5, 5.41) is 2.96. The maximum Gasteiger partial charge on any atom is 0.251 e. The number of carbonyl (C=O) groups is 1. The summed E-state index contributed by atoms with van der Waals surface area (Å²) in [5.41, 5.74) is 0.564. The van der Waals surface area contributed by atoms with E-state index in [9.17, 15) is 4.79 Å². The highest BCUT2D eigenvalue weighted by Gasteiger charge is 2.20. The highest BCUT2D eigenvalue weighted by atomic mass is 16.5. The van der Waals surface area contributed by atoms with Crippen LogP contribution in [0.3, 0.4) is 0 Å². The number of piperidine rings is 1. The number of imidazole rings is 1. The van der Waals surface area contributed by atoms with Crippen molar-refractivity contribution >= 4 is 5.91 Å². The van der Waals surface area contributed by atoms with Gasteiger partial charge >= 0.3 is 0 Å². The number of rotatable bonds is 8. The number of nitrogens with one attached hydrogen (secondary N) is 1. The molecule has 0 saturated carbocycles. The number of nitrogens with zero attached hydrogens (tertiary/aromatic N) is 3. The Morgan fingerprint density at radius 1 is 1.29 bits per heavy atom. The Morgan fingerprint density at radius 3 is 2.79 bits per heavy atom. The van der Waals surface area contributed by atoms with Crippen molar-refractivity contribution in [3.05, 3.63) is 42.0 Å². The van der Waals surface area contributed by atoms with E-state index in [1.165, 1.54) is 0 Å². The molecule has 1 N–H and O–H groups in total. The number of carbonyl (C=O) groups excluding carboxylic acids is 1. The summed E-state index contributed by atoms with van der Waals surface area (Å²) in [7, 11) is 3.73. The van der Waals surface area contributed by atoms with E-state index in [1.807, 2.05) is 12.3 Å². The van der Waals surface area contributed by atoms with Gasteiger partial charge in [0.05, 0.1) is 7.11 Å². The van der Waals surface area contributed by atoms with Gasteiger partial charge in [-0.2, -0.15) is 0 Å². The molecule has 2 aromatic rings. The van der Waals surface area contributed by atoms with Gasteiger partial charge in [-0.3, -0.25) is 4.79 Å².